The third-order valence-corrected chi connectivity index (χ3v) is 5.75. The fourth-order valence-corrected chi connectivity index (χ4v) is 4.26. The molecule has 1 saturated heterocycles. The van der Waals surface area contributed by atoms with Crippen LogP contribution < -0.4 is 10.5 Å². The van der Waals surface area contributed by atoms with Gasteiger partial charge < -0.3 is 4.74 Å². The maximum absolute atomic E-state index is 13.3. The van der Waals surface area contributed by atoms with Crippen LogP contribution in [0.1, 0.15) is 36.7 Å². The van der Waals surface area contributed by atoms with Crippen molar-refractivity contribution in [2.75, 3.05) is 18.1 Å². The molecule has 1 aliphatic rings. The molecule has 0 spiro atoms. The highest BCUT2D eigenvalue weighted by atomic mass is 32.1. The predicted octanol–water partition coefficient (Wildman–Crippen LogP) is 3.09. The minimum Gasteiger partial charge on any atom is -0.376 e. The van der Waals surface area contributed by atoms with Crippen LogP contribution in [-0.2, 0) is 11.3 Å². The Morgan fingerprint density at radius 1 is 1.32 bits per heavy atom. The molecule has 1 aromatic carbocycles. The number of benzene rings is 1. The number of aryl methyl sites for hydroxylation is 1. The lowest BCUT2D eigenvalue weighted by atomic mass is 10.2. The Labute approximate surface area is 166 Å². The summed E-state index contributed by atoms with van der Waals surface area (Å²) < 4.78 is 8.12. The van der Waals surface area contributed by atoms with Gasteiger partial charge in [0.05, 0.1) is 22.9 Å². The summed E-state index contributed by atoms with van der Waals surface area (Å²) in [5, 5.41) is 4.91. The van der Waals surface area contributed by atoms with Gasteiger partial charge >= 0.3 is 0 Å². The summed E-state index contributed by atoms with van der Waals surface area (Å²) >= 11 is 1.47. The lowest BCUT2D eigenvalue weighted by Gasteiger charge is -2.22. The van der Waals surface area contributed by atoms with Crippen LogP contribution in [0, 0.1) is 0 Å². The molecular weight excluding hydrogens is 376 g/mol. The number of rotatable bonds is 6. The molecule has 0 radical (unpaired) electrons. The van der Waals surface area contributed by atoms with E-state index in [0.29, 0.717) is 24.8 Å². The van der Waals surface area contributed by atoms with Crippen molar-refractivity contribution in [3.8, 4) is 0 Å². The Morgan fingerprint density at radius 3 is 2.93 bits per heavy atom. The van der Waals surface area contributed by atoms with Crippen LogP contribution in [0.3, 0.4) is 0 Å². The van der Waals surface area contributed by atoms with Gasteiger partial charge in [-0.25, -0.2) is 9.67 Å². The van der Waals surface area contributed by atoms with Crippen LogP contribution in [0.25, 0.3) is 10.2 Å². The molecule has 1 amide bonds. The number of amides is 1. The average molecular weight is 398 g/mol. The van der Waals surface area contributed by atoms with Gasteiger partial charge in [0.1, 0.15) is 5.69 Å². The van der Waals surface area contributed by atoms with Crippen molar-refractivity contribution in [1.82, 2.24) is 14.8 Å². The molecule has 8 heteroatoms. The highest BCUT2D eigenvalue weighted by molar-refractivity contribution is 7.22. The zero-order valence-corrected chi connectivity index (χ0v) is 16.5. The number of ether oxygens (including phenoxy) is 1. The summed E-state index contributed by atoms with van der Waals surface area (Å²) in [6.07, 6.45) is 2.66. The van der Waals surface area contributed by atoms with Gasteiger partial charge in [-0.05, 0) is 37.5 Å². The van der Waals surface area contributed by atoms with Crippen LogP contribution in [0.2, 0.25) is 0 Å². The van der Waals surface area contributed by atoms with Crippen LogP contribution in [0.15, 0.2) is 41.2 Å². The first-order chi connectivity index (χ1) is 13.7. The summed E-state index contributed by atoms with van der Waals surface area (Å²) in [4.78, 5) is 31.6. The number of hydrogen-bond acceptors (Lipinski definition) is 6. The second-order valence-corrected chi connectivity index (χ2v) is 7.80. The summed E-state index contributed by atoms with van der Waals surface area (Å²) in [6, 6.07) is 10.7. The minimum absolute atomic E-state index is 0.0162. The molecule has 146 valence electrons. The molecular formula is C20H22N4O3S. The predicted molar refractivity (Wildman–Crippen MR) is 109 cm³/mol. The SMILES string of the molecule is CCCn1nc(C(=O)N(CC2CCCO2)c2nc3ccccc3s2)ccc1=O. The lowest BCUT2D eigenvalue weighted by Crippen LogP contribution is -2.39. The van der Waals surface area contributed by atoms with Crippen LogP contribution in [-0.4, -0.2) is 39.9 Å². The second kappa shape index (κ2) is 8.20. The Hall–Kier alpha value is -2.58. The number of carbonyl (C=O) groups is 1. The normalized spacial score (nSPS) is 16.5. The molecule has 1 atom stereocenters. The fraction of sp³-hybridized carbons (Fsp3) is 0.400. The molecule has 28 heavy (non-hydrogen) atoms. The number of fused-ring (bicyclic) bond motifs is 1. The lowest BCUT2D eigenvalue weighted by molar-refractivity contribution is 0.0911. The average Bonchev–Trinajstić information content (AvgIpc) is 3.36. The monoisotopic (exact) mass is 398 g/mol. The molecule has 1 fully saturated rings. The van der Waals surface area contributed by atoms with E-state index in [1.54, 1.807) is 4.90 Å². The number of aromatic nitrogens is 3. The van der Waals surface area contributed by atoms with Crippen molar-refractivity contribution < 1.29 is 9.53 Å². The topological polar surface area (TPSA) is 77.3 Å². The number of carbonyl (C=O) groups excluding carboxylic acids is 1. The van der Waals surface area contributed by atoms with Crippen molar-refractivity contribution in [3.05, 3.63) is 52.4 Å². The van der Waals surface area contributed by atoms with Crippen LogP contribution in [0.5, 0.6) is 0 Å². The molecule has 4 rings (SSSR count). The number of hydrogen-bond donors (Lipinski definition) is 0. The number of anilines is 1. The maximum atomic E-state index is 13.3. The molecule has 1 unspecified atom stereocenters. The van der Waals surface area contributed by atoms with E-state index in [2.05, 4.69) is 10.1 Å². The van der Waals surface area contributed by atoms with Gasteiger partial charge in [0.15, 0.2) is 5.13 Å². The van der Waals surface area contributed by atoms with Gasteiger partial charge in [0.25, 0.3) is 11.5 Å². The van der Waals surface area contributed by atoms with Gasteiger partial charge in [-0.2, -0.15) is 5.10 Å². The minimum atomic E-state index is -0.264. The van der Waals surface area contributed by atoms with Gasteiger partial charge in [0.2, 0.25) is 0 Å². The zero-order chi connectivity index (χ0) is 19.5. The summed E-state index contributed by atoms with van der Waals surface area (Å²) in [6.45, 7) is 3.58. The molecule has 0 N–H and O–H groups in total. The third-order valence-electron chi connectivity index (χ3n) is 4.69. The van der Waals surface area contributed by atoms with E-state index in [1.165, 1.54) is 28.2 Å². The van der Waals surface area contributed by atoms with Gasteiger partial charge in [-0.3, -0.25) is 14.5 Å². The van der Waals surface area contributed by atoms with Crippen molar-refractivity contribution >= 4 is 32.6 Å². The van der Waals surface area contributed by atoms with E-state index >= 15 is 0 Å². The zero-order valence-electron chi connectivity index (χ0n) is 15.7. The maximum Gasteiger partial charge on any atom is 0.280 e. The third kappa shape index (κ3) is 3.83. The van der Waals surface area contributed by atoms with E-state index in [1.807, 2.05) is 31.2 Å². The van der Waals surface area contributed by atoms with E-state index in [0.717, 1.165) is 29.5 Å². The van der Waals surface area contributed by atoms with Gasteiger partial charge in [-0.1, -0.05) is 30.4 Å². The van der Waals surface area contributed by atoms with E-state index < -0.39 is 0 Å². The molecule has 0 bridgehead atoms. The molecule has 2 aromatic heterocycles. The van der Waals surface area contributed by atoms with Crippen molar-refractivity contribution in [3.63, 3.8) is 0 Å². The van der Waals surface area contributed by atoms with E-state index in [9.17, 15) is 9.59 Å². The molecule has 0 saturated carbocycles. The summed E-state index contributed by atoms with van der Waals surface area (Å²) in [5.74, 6) is -0.264. The summed E-state index contributed by atoms with van der Waals surface area (Å²) in [7, 11) is 0. The van der Waals surface area contributed by atoms with Crippen molar-refractivity contribution in [1.29, 1.82) is 0 Å². The fourth-order valence-electron chi connectivity index (χ4n) is 3.29. The largest absolute Gasteiger partial charge is 0.376 e. The number of para-hydroxylation sites is 1. The van der Waals surface area contributed by atoms with Crippen LogP contribution in [0.4, 0.5) is 5.13 Å². The smallest absolute Gasteiger partial charge is 0.280 e. The number of thiazole rings is 1. The first-order valence-corrected chi connectivity index (χ1v) is 10.3. The highest BCUT2D eigenvalue weighted by Crippen LogP contribution is 2.30. The Balaban J connectivity index is 1.70. The molecule has 7 nitrogen and oxygen atoms in total. The highest BCUT2D eigenvalue weighted by Gasteiger charge is 2.28. The van der Waals surface area contributed by atoms with Crippen molar-refractivity contribution in [2.45, 2.75) is 38.8 Å². The first-order valence-electron chi connectivity index (χ1n) is 9.53. The first kappa shape index (κ1) is 18.8. The van der Waals surface area contributed by atoms with Gasteiger partial charge in [-0.15, -0.1) is 0 Å². The van der Waals surface area contributed by atoms with Gasteiger partial charge in [0, 0.05) is 19.2 Å². The Bertz CT molecular complexity index is 1010. The summed E-state index contributed by atoms with van der Waals surface area (Å²) in [5.41, 5.74) is 0.894. The number of nitrogens with zero attached hydrogens (tertiary/aromatic N) is 4. The van der Waals surface area contributed by atoms with Crippen LogP contribution >= 0.6 is 11.3 Å². The molecule has 3 heterocycles. The second-order valence-electron chi connectivity index (χ2n) is 6.79. The Morgan fingerprint density at radius 2 is 2.18 bits per heavy atom. The standard InChI is InChI=1S/C20H22N4O3S/c1-2-11-24-18(25)10-9-16(22-24)19(26)23(13-14-6-5-12-27-14)20-21-15-7-3-4-8-17(15)28-20/h3-4,7-10,14H,2,5-6,11-13H2,1H3. The quantitative estimate of drug-likeness (QED) is 0.638. The van der Waals surface area contributed by atoms with Crippen molar-refractivity contribution in [2.24, 2.45) is 0 Å². The van der Waals surface area contributed by atoms with E-state index in [4.69, 9.17) is 4.74 Å². The molecule has 1 aliphatic heterocycles. The molecule has 3 aromatic rings. The Kier molecular flexibility index (Phi) is 5.50. The van der Waals surface area contributed by atoms with E-state index in [-0.39, 0.29) is 23.3 Å². The molecule has 0 aliphatic carbocycles.